The summed E-state index contributed by atoms with van der Waals surface area (Å²) in [6.07, 6.45) is 7.21. The SMILES string of the molecule is O=c1c(CN2CCCC2)ccc2n1C[C@H]1C[C@@H]2CN(Cc2ccc3nccnc3c2)C1. The maximum atomic E-state index is 13.2. The van der Waals surface area contributed by atoms with Gasteiger partial charge >= 0.3 is 0 Å². The Morgan fingerprint density at radius 3 is 2.58 bits per heavy atom. The molecule has 3 aromatic rings. The highest BCUT2D eigenvalue weighted by Crippen LogP contribution is 2.36. The Kier molecular flexibility index (Phi) is 4.84. The van der Waals surface area contributed by atoms with Crippen LogP contribution in [0.4, 0.5) is 0 Å². The lowest BCUT2D eigenvalue weighted by molar-refractivity contribution is 0.114. The van der Waals surface area contributed by atoms with Gasteiger partial charge in [0.15, 0.2) is 0 Å². The second kappa shape index (κ2) is 7.84. The van der Waals surface area contributed by atoms with Crippen LogP contribution in [-0.4, -0.2) is 50.5 Å². The average molecular weight is 416 g/mol. The van der Waals surface area contributed by atoms with Crippen LogP contribution in [0.2, 0.25) is 0 Å². The van der Waals surface area contributed by atoms with Crippen LogP contribution in [0.15, 0.2) is 47.5 Å². The van der Waals surface area contributed by atoms with Crippen molar-refractivity contribution in [1.29, 1.82) is 0 Å². The fraction of sp³-hybridized carbons (Fsp3) is 0.480. The average Bonchev–Trinajstić information content (AvgIpc) is 3.29. The molecule has 2 bridgehead atoms. The van der Waals surface area contributed by atoms with Crippen LogP contribution in [0, 0.1) is 5.92 Å². The molecule has 0 amide bonds. The van der Waals surface area contributed by atoms with Crippen LogP contribution in [0.25, 0.3) is 11.0 Å². The molecule has 0 aliphatic carbocycles. The summed E-state index contributed by atoms with van der Waals surface area (Å²) in [6.45, 7) is 6.92. The van der Waals surface area contributed by atoms with E-state index < -0.39 is 0 Å². The molecule has 0 unspecified atom stereocenters. The molecule has 2 fully saturated rings. The third-order valence-electron chi connectivity index (χ3n) is 7.29. The number of hydrogen-bond acceptors (Lipinski definition) is 5. The van der Waals surface area contributed by atoms with E-state index in [2.05, 4.69) is 54.7 Å². The number of fused-ring (bicyclic) bond motifs is 5. The van der Waals surface area contributed by atoms with E-state index >= 15 is 0 Å². The molecule has 3 aliphatic rings. The zero-order valence-corrected chi connectivity index (χ0v) is 17.9. The molecule has 6 rings (SSSR count). The van der Waals surface area contributed by atoms with Crippen molar-refractivity contribution in [2.75, 3.05) is 26.2 Å². The molecule has 2 aromatic heterocycles. The maximum absolute atomic E-state index is 13.2. The molecule has 6 nitrogen and oxygen atoms in total. The number of likely N-dealkylation sites (tertiary alicyclic amines) is 2. The second-order valence-electron chi connectivity index (χ2n) is 9.55. The minimum Gasteiger partial charge on any atom is -0.312 e. The molecule has 5 heterocycles. The van der Waals surface area contributed by atoms with Crippen LogP contribution < -0.4 is 5.56 Å². The molecule has 3 aliphatic heterocycles. The lowest BCUT2D eigenvalue weighted by Crippen LogP contribution is -2.47. The van der Waals surface area contributed by atoms with Crippen LogP contribution in [0.5, 0.6) is 0 Å². The van der Waals surface area contributed by atoms with Gasteiger partial charge in [-0.05, 0) is 62.0 Å². The van der Waals surface area contributed by atoms with Gasteiger partial charge < -0.3 is 4.57 Å². The van der Waals surface area contributed by atoms with E-state index in [4.69, 9.17) is 0 Å². The Bertz CT molecular complexity index is 1170. The molecular formula is C25H29N5O. The topological polar surface area (TPSA) is 54.3 Å². The minimum atomic E-state index is 0.251. The molecule has 0 saturated carbocycles. The van der Waals surface area contributed by atoms with E-state index in [9.17, 15) is 4.79 Å². The predicted molar refractivity (Wildman–Crippen MR) is 121 cm³/mol. The normalized spacial score (nSPS) is 23.9. The molecule has 0 radical (unpaired) electrons. The van der Waals surface area contributed by atoms with Crippen LogP contribution in [-0.2, 0) is 19.6 Å². The Hall–Kier alpha value is -2.57. The summed E-state index contributed by atoms with van der Waals surface area (Å²) in [4.78, 5) is 27.0. The lowest BCUT2D eigenvalue weighted by atomic mass is 9.82. The molecule has 2 atom stereocenters. The number of piperidine rings is 1. The van der Waals surface area contributed by atoms with Gasteiger partial charge in [0, 0.05) is 62.3 Å². The zero-order chi connectivity index (χ0) is 20.8. The van der Waals surface area contributed by atoms with Crippen molar-refractivity contribution < 1.29 is 0 Å². The molecule has 31 heavy (non-hydrogen) atoms. The summed E-state index contributed by atoms with van der Waals surface area (Å²) in [6, 6.07) is 10.7. The van der Waals surface area contributed by atoms with Crippen LogP contribution in [0.3, 0.4) is 0 Å². The number of nitrogens with zero attached hydrogens (tertiary/aromatic N) is 5. The lowest BCUT2D eigenvalue weighted by Gasteiger charge is -2.43. The Labute approximate surface area is 182 Å². The smallest absolute Gasteiger partial charge is 0.255 e. The van der Waals surface area contributed by atoms with E-state index in [0.717, 1.165) is 62.4 Å². The first-order valence-electron chi connectivity index (χ1n) is 11.6. The van der Waals surface area contributed by atoms with Crippen molar-refractivity contribution in [2.24, 2.45) is 5.92 Å². The first-order chi connectivity index (χ1) is 15.2. The Morgan fingerprint density at radius 1 is 0.871 bits per heavy atom. The predicted octanol–water partition coefficient (Wildman–Crippen LogP) is 3.01. The largest absolute Gasteiger partial charge is 0.312 e. The fourth-order valence-corrected chi connectivity index (χ4v) is 5.89. The van der Waals surface area contributed by atoms with Crippen molar-refractivity contribution in [2.45, 2.75) is 44.8 Å². The summed E-state index contributed by atoms with van der Waals surface area (Å²) in [5, 5.41) is 0. The van der Waals surface area contributed by atoms with E-state index in [-0.39, 0.29) is 5.56 Å². The minimum absolute atomic E-state index is 0.251. The number of benzene rings is 1. The maximum Gasteiger partial charge on any atom is 0.255 e. The number of aromatic nitrogens is 3. The highest BCUT2D eigenvalue weighted by molar-refractivity contribution is 5.74. The van der Waals surface area contributed by atoms with Gasteiger partial charge in [-0.1, -0.05) is 12.1 Å². The standard InChI is InChI=1S/C25H29N5O/c31-25-20(16-28-9-1-2-10-28)4-6-24-21-11-19(15-30(24)25)14-29(17-21)13-18-3-5-22-23(12-18)27-8-7-26-22/h3-8,12,19,21H,1-2,9-11,13-17H2/t19-,21+/m0/s1. The number of hydrogen-bond donors (Lipinski definition) is 0. The molecule has 0 N–H and O–H groups in total. The molecule has 2 saturated heterocycles. The highest BCUT2D eigenvalue weighted by Gasteiger charge is 2.35. The summed E-state index contributed by atoms with van der Waals surface area (Å²) in [5.41, 5.74) is 5.65. The van der Waals surface area contributed by atoms with Crippen molar-refractivity contribution >= 4 is 11.0 Å². The number of rotatable bonds is 4. The Morgan fingerprint density at radius 2 is 1.71 bits per heavy atom. The molecule has 1 aromatic carbocycles. The summed E-state index contributed by atoms with van der Waals surface area (Å²) in [7, 11) is 0. The van der Waals surface area contributed by atoms with Crippen molar-refractivity contribution in [3.05, 3.63) is 69.9 Å². The number of pyridine rings is 1. The van der Waals surface area contributed by atoms with Gasteiger partial charge in [-0.3, -0.25) is 24.6 Å². The quantitative estimate of drug-likeness (QED) is 0.656. The monoisotopic (exact) mass is 415 g/mol. The fourth-order valence-electron chi connectivity index (χ4n) is 5.89. The van der Waals surface area contributed by atoms with E-state index in [1.54, 1.807) is 12.4 Å². The van der Waals surface area contributed by atoms with Gasteiger partial charge in [-0.15, -0.1) is 0 Å². The van der Waals surface area contributed by atoms with E-state index in [1.165, 1.54) is 30.5 Å². The zero-order valence-electron chi connectivity index (χ0n) is 17.9. The molecule has 160 valence electrons. The van der Waals surface area contributed by atoms with Gasteiger partial charge in [0.2, 0.25) is 0 Å². The van der Waals surface area contributed by atoms with Crippen LogP contribution >= 0.6 is 0 Å². The highest BCUT2D eigenvalue weighted by atomic mass is 16.1. The molecule has 6 heteroatoms. The molecular weight excluding hydrogens is 386 g/mol. The van der Waals surface area contributed by atoms with Crippen molar-refractivity contribution in [3.8, 4) is 0 Å². The van der Waals surface area contributed by atoms with E-state index in [0.29, 0.717) is 11.8 Å². The molecule has 0 spiro atoms. The van der Waals surface area contributed by atoms with Crippen molar-refractivity contribution in [1.82, 2.24) is 24.3 Å². The van der Waals surface area contributed by atoms with Gasteiger partial charge in [0.05, 0.1) is 11.0 Å². The summed E-state index contributed by atoms with van der Waals surface area (Å²) < 4.78 is 2.10. The van der Waals surface area contributed by atoms with Gasteiger partial charge in [-0.25, -0.2) is 0 Å². The first-order valence-corrected chi connectivity index (χ1v) is 11.6. The van der Waals surface area contributed by atoms with Crippen LogP contribution in [0.1, 0.15) is 42.0 Å². The van der Waals surface area contributed by atoms with Gasteiger partial charge in [0.25, 0.3) is 5.56 Å². The van der Waals surface area contributed by atoms with Gasteiger partial charge in [-0.2, -0.15) is 0 Å². The third kappa shape index (κ3) is 3.68. The summed E-state index contributed by atoms with van der Waals surface area (Å²) >= 11 is 0. The van der Waals surface area contributed by atoms with E-state index in [1.807, 2.05) is 0 Å². The van der Waals surface area contributed by atoms with Crippen molar-refractivity contribution in [3.63, 3.8) is 0 Å². The third-order valence-corrected chi connectivity index (χ3v) is 7.29. The second-order valence-corrected chi connectivity index (χ2v) is 9.55. The summed E-state index contributed by atoms with van der Waals surface area (Å²) in [5.74, 6) is 0.993. The first kappa shape index (κ1) is 19.1. The van der Waals surface area contributed by atoms with Gasteiger partial charge in [0.1, 0.15) is 0 Å². The Balaban J connectivity index is 1.21.